The number of likely N-dealkylation sites (tertiary alicyclic amines) is 1. The van der Waals surface area contributed by atoms with E-state index in [9.17, 15) is 4.79 Å². The number of benzene rings is 1. The van der Waals surface area contributed by atoms with Gasteiger partial charge in [-0.2, -0.15) is 0 Å². The Morgan fingerprint density at radius 3 is 2.92 bits per heavy atom. The standard InChI is InChI=1S/C21H24N4O/c26-21(11-10-17-7-3-4-12-22-17)25-13-5-6-16(15-25)14-20-23-18-8-1-2-9-19(18)24-20/h1-4,7-9,12,16H,5-6,10-11,13-15H2,(H,23,24)/t16-/m0/s1. The van der Waals surface area contributed by atoms with E-state index in [1.807, 2.05) is 41.3 Å². The summed E-state index contributed by atoms with van der Waals surface area (Å²) in [5.74, 6) is 1.74. The number of hydrogen-bond donors (Lipinski definition) is 1. The molecule has 0 saturated carbocycles. The number of carbonyl (C=O) groups excluding carboxylic acids is 1. The van der Waals surface area contributed by atoms with Crippen LogP contribution in [0.1, 0.15) is 30.8 Å². The summed E-state index contributed by atoms with van der Waals surface area (Å²) in [4.78, 5) is 27.0. The SMILES string of the molecule is O=C(CCc1ccccn1)N1CCC[C@@H](Cc2nc3ccccc3[nH]2)C1. The van der Waals surface area contributed by atoms with E-state index in [1.54, 1.807) is 6.20 Å². The molecule has 0 bridgehead atoms. The number of aryl methyl sites for hydroxylation is 1. The number of amides is 1. The van der Waals surface area contributed by atoms with Gasteiger partial charge in [0.15, 0.2) is 0 Å². The number of para-hydroxylation sites is 2. The van der Waals surface area contributed by atoms with Crippen molar-refractivity contribution in [2.75, 3.05) is 13.1 Å². The summed E-state index contributed by atoms with van der Waals surface area (Å²) >= 11 is 0. The van der Waals surface area contributed by atoms with Crippen molar-refractivity contribution in [3.05, 3.63) is 60.2 Å². The number of H-pyrrole nitrogens is 1. The molecule has 0 aliphatic carbocycles. The number of piperidine rings is 1. The Labute approximate surface area is 153 Å². The van der Waals surface area contributed by atoms with Gasteiger partial charge in [-0.15, -0.1) is 0 Å². The summed E-state index contributed by atoms with van der Waals surface area (Å²) in [6.45, 7) is 1.70. The van der Waals surface area contributed by atoms with Crippen molar-refractivity contribution in [2.45, 2.75) is 32.1 Å². The maximum Gasteiger partial charge on any atom is 0.222 e. The van der Waals surface area contributed by atoms with Crippen LogP contribution in [-0.4, -0.2) is 38.8 Å². The number of nitrogens with zero attached hydrogens (tertiary/aromatic N) is 3. The van der Waals surface area contributed by atoms with Crippen molar-refractivity contribution in [2.24, 2.45) is 5.92 Å². The first-order valence-corrected chi connectivity index (χ1v) is 9.39. The molecule has 3 aromatic rings. The van der Waals surface area contributed by atoms with Crippen molar-refractivity contribution < 1.29 is 4.79 Å². The van der Waals surface area contributed by atoms with E-state index >= 15 is 0 Å². The fourth-order valence-corrected chi connectivity index (χ4v) is 3.77. The Morgan fingerprint density at radius 2 is 2.08 bits per heavy atom. The summed E-state index contributed by atoms with van der Waals surface area (Å²) in [5.41, 5.74) is 3.08. The fourth-order valence-electron chi connectivity index (χ4n) is 3.77. The molecule has 5 nitrogen and oxygen atoms in total. The van der Waals surface area contributed by atoms with Gasteiger partial charge >= 0.3 is 0 Å². The second-order valence-electron chi connectivity index (χ2n) is 7.07. The second-order valence-corrected chi connectivity index (χ2v) is 7.07. The number of fused-ring (bicyclic) bond motifs is 1. The third-order valence-corrected chi connectivity index (χ3v) is 5.11. The van der Waals surface area contributed by atoms with Crippen LogP contribution >= 0.6 is 0 Å². The number of carbonyl (C=O) groups is 1. The highest BCUT2D eigenvalue weighted by molar-refractivity contribution is 5.76. The minimum Gasteiger partial charge on any atom is -0.342 e. The molecule has 1 atom stereocenters. The molecule has 1 N–H and O–H groups in total. The third kappa shape index (κ3) is 3.93. The summed E-state index contributed by atoms with van der Waals surface area (Å²) in [6, 6.07) is 14.0. The van der Waals surface area contributed by atoms with Gasteiger partial charge in [0.05, 0.1) is 11.0 Å². The highest BCUT2D eigenvalue weighted by Gasteiger charge is 2.24. The van der Waals surface area contributed by atoms with E-state index in [0.29, 0.717) is 18.8 Å². The molecule has 1 aliphatic heterocycles. The van der Waals surface area contributed by atoms with Crippen LogP contribution in [0.3, 0.4) is 0 Å². The number of rotatable bonds is 5. The molecule has 5 heteroatoms. The Morgan fingerprint density at radius 1 is 1.19 bits per heavy atom. The van der Waals surface area contributed by atoms with Crippen LogP contribution < -0.4 is 0 Å². The summed E-state index contributed by atoms with van der Waals surface area (Å²) in [7, 11) is 0. The van der Waals surface area contributed by atoms with Crippen LogP contribution in [0.2, 0.25) is 0 Å². The molecule has 1 amide bonds. The van der Waals surface area contributed by atoms with Crippen molar-refractivity contribution >= 4 is 16.9 Å². The van der Waals surface area contributed by atoms with Crippen LogP contribution in [-0.2, 0) is 17.6 Å². The normalized spacial score (nSPS) is 17.5. The molecule has 4 rings (SSSR count). The first kappa shape index (κ1) is 16.8. The lowest BCUT2D eigenvalue weighted by atomic mass is 9.94. The highest BCUT2D eigenvalue weighted by Crippen LogP contribution is 2.22. The molecular weight excluding hydrogens is 324 g/mol. The quantitative estimate of drug-likeness (QED) is 0.769. The molecular formula is C21H24N4O. The van der Waals surface area contributed by atoms with Gasteiger partial charge < -0.3 is 9.88 Å². The summed E-state index contributed by atoms with van der Waals surface area (Å²) in [6.07, 6.45) is 6.16. The maximum absolute atomic E-state index is 12.6. The molecule has 3 heterocycles. The molecule has 1 saturated heterocycles. The number of imidazole rings is 1. The van der Waals surface area contributed by atoms with Crippen LogP contribution in [0.15, 0.2) is 48.7 Å². The number of aromatic nitrogens is 3. The van der Waals surface area contributed by atoms with E-state index in [0.717, 1.165) is 54.9 Å². The predicted octanol–water partition coefficient (Wildman–Crippen LogP) is 3.37. The fraction of sp³-hybridized carbons (Fsp3) is 0.381. The molecule has 1 fully saturated rings. The topological polar surface area (TPSA) is 61.9 Å². The maximum atomic E-state index is 12.6. The Hall–Kier alpha value is -2.69. The van der Waals surface area contributed by atoms with Gasteiger partial charge in [0.1, 0.15) is 5.82 Å². The van der Waals surface area contributed by atoms with Crippen LogP contribution in [0.25, 0.3) is 11.0 Å². The average Bonchev–Trinajstić information content (AvgIpc) is 3.09. The van der Waals surface area contributed by atoms with E-state index in [4.69, 9.17) is 0 Å². The van der Waals surface area contributed by atoms with Gasteiger partial charge in [0.2, 0.25) is 5.91 Å². The largest absolute Gasteiger partial charge is 0.342 e. The molecule has 2 aromatic heterocycles. The van der Waals surface area contributed by atoms with Crippen LogP contribution in [0, 0.1) is 5.92 Å². The number of nitrogens with one attached hydrogen (secondary N) is 1. The highest BCUT2D eigenvalue weighted by atomic mass is 16.2. The molecule has 0 spiro atoms. The smallest absolute Gasteiger partial charge is 0.222 e. The number of pyridine rings is 1. The summed E-state index contributed by atoms with van der Waals surface area (Å²) < 4.78 is 0. The van der Waals surface area contributed by atoms with E-state index in [-0.39, 0.29) is 5.91 Å². The monoisotopic (exact) mass is 348 g/mol. The lowest BCUT2D eigenvalue weighted by molar-refractivity contribution is -0.133. The van der Waals surface area contributed by atoms with Crippen LogP contribution in [0.5, 0.6) is 0 Å². The van der Waals surface area contributed by atoms with Crippen molar-refractivity contribution in [1.82, 2.24) is 19.9 Å². The van der Waals surface area contributed by atoms with E-state index < -0.39 is 0 Å². The minimum absolute atomic E-state index is 0.241. The molecule has 26 heavy (non-hydrogen) atoms. The van der Waals surface area contributed by atoms with Crippen LogP contribution in [0.4, 0.5) is 0 Å². The van der Waals surface area contributed by atoms with E-state index in [1.165, 1.54) is 0 Å². The average molecular weight is 348 g/mol. The predicted molar refractivity (Wildman–Crippen MR) is 102 cm³/mol. The first-order chi connectivity index (χ1) is 12.8. The Kier molecular flexibility index (Phi) is 4.95. The molecule has 0 radical (unpaired) electrons. The number of hydrogen-bond acceptors (Lipinski definition) is 3. The zero-order valence-corrected chi connectivity index (χ0v) is 14.9. The zero-order valence-electron chi connectivity index (χ0n) is 14.9. The van der Waals surface area contributed by atoms with Gasteiger partial charge in [0, 0.05) is 37.8 Å². The van der Waals surface area contributed by atoms with Gasteiger partial charge in [-0.3, -0.25) is 9.78 Å². The van der Waals surface area contributed by atoms with Gasteiger partial charge in [-0.05, 0) is 49.4 Å². The Balaban J connectivity index is 1.33. The molecule has 1 aliphatic rings. The first-order valence-electron chi connectivity index (χ1n) is 9.39. The Bertz CT molecular complexity index is 841. The minimum atomic E-state index is 0.241. The molecule has 0 unspecified atom stereocenters. The number of aromatic amines is 1. The van der Waals surface area contributed by atoms with Gasteiger partial charge in [-0.1, -0.05) is 18.2 Å². The van der Waals surface area contributed by atoms with Crippen molar-refractivity contribution in [1.29, 1.82) is 0 Å². The van der Waals surface area contributed by atoms with Crippen molar-refractivity contribution in [3.8, 4) is 0 Å². The third-order valence-electron chi connectivity index (χ3n) is 5.11. The molecule has 1 aromatic carbocycles. The molecule has 134 valence electrons. The van der Waals surface area contributed by atoms with Gasteiger partial charge in [-0.25, -0.2) is 4.98 Å². The van der Waals surface area contributed by atoms with E-state index in [2.05, 4.69) is 21.0 Å². The lowest BCUT2D eigenvalue weighted by Crippen LogP contribution is -2.40. The van der Waals surface area contributed by atoms with Gasteiger partial charge in [0.25, 0.3) is 0 Å². The summed E-state index contributed by atoms with van der Waals surface area (Å²) in [5, 5.41) is 0. The zero-order chi connectivity index (χ0) is 17.8. The van der Waals surface area contributed by atoms with Crippen molar-refractivity contribution in [3.63, 3.8) is 0 Å². The second kappa shape index (κ2) is 7.68. The lowest BCUT2D eigenvalue weighted by Gasteiger charge is -2.32.